The van der Waals surface area contributed by atoms with Gasteiger partial charge >= 0.3 is 0 Å². The van der Waals surface area contributed by atoms with Gasteiger partial charge in [-0.05, 0) is 11.6 Å². The van der Waals surface area contributed by atoms with Crippen molar-refractivity contribution >= 4 is 39.1 Å². The number of rotatable bonds is 3. The lowest BCUT2D eigenvalue weighted by atomic mass is 10.1. The number of hydrogen-bond donors (Lipinski definition) is 0. The molecule has 0 N–H and O–H groups in total. The molecule has 18 heavy (non-hydrogen) atoms. The van der Waals surface area contributed by atoms with E-state index >= 15 is 0 Å². The fraction of sp³-hybridized carbons (Fsp3) is 0.273. The summed E-state index contributed by atoms with van der Waals surface area (Å²) in [7, 11) is 0. The maximum atomic E-state index is 11.6. The fourth-order valence-corrected chi connectivity index (χ4v) is 2.31. The molecule has 0 spiro atoms. The quantitative estimate of drug-likeness (QED) is 0.370. The average molecular weight is 313 g/mol. The van der Waals surface area contributed by atoms with Crippen LogP contribution in [0.1, 0.15) is 18.4 Å². The van der Waals surface area contributed by atoms with Gasteiger partial charge in [-0.25, -0.2) is 0 Å². The first-order chi connectivity index (χ1) is 8.54. The van der Waals surface area contributed by atoms with Crippen LogP contribution in [0, 0.1) is 10.1 Å². The fourth-order valence-electron chi connectivity index (χ4n) is 1.86. The monoisotopic (exact) mass is 312 g/mol. The molecule has 0 saturated carbocycles. The van der Waals surface area contributed by atoms with Gasteiger partial charge in [-0.15, -0.1) is 0 Å². The van der Waals surface area contributed by atoms with Crippen LogP contribution in [0.2, 0.25) is 0 Å². The maximum absolute atomic E-state index is 11.6. The standard InChI is InChI=1S/C11H9BrN2O4/c12-6-7-5-8(14(17)18)1-2-9(7)13-10(15)3-4-11(13)16/h1-2,5H,3-4,6H2. The summed E-state index contributed by atoms with van der Waals surface area (Å²) in [6.07, 6.45) is 0.384. The molecule has 1 aliphatic heterocycles. The number of alkyl halides is 1. The van der Waals surface area contributed by atoms with E-state index in [1.807, 2.05) is 0 Å². The van der Waals surface area contributed by atoms with E-state index in [0.717, 1.165) is 4.90 Å². The van der Waals surface area contributed by atoms with E-state index in [9.17, 15) is 19.7 Å². The molecule has 1 fully saturated rings. The largest absolute Gasteiger partial charge is 0.274 e. The number of nitro groups is 1. The van der Waals surface area contributed by atoms with E-state index in [-0.39, 0.29) is 30.3 Å². The van der Waals surface area contributed by atoms with Crippen molar-refractivity contribution in [1.82, 2.24) is 0 Å². The van der Waals surface area contributed by atoms with Crippen molar-refractivity contribution in [3.05, 3.63) is 33.9 Å². The third kappa shape index (κ3) is 2.13. The molecule has 0 bridgehead atoms. The van der Waals surface area contributed by atoms with Crippen molar-refractivity contribution in [2.24, 2.45) is 0 Å². The van der Waals surface area contributed by atoms with Crippen LogP contribution in [0.15, 0.2) is 18.2 Å². The maximum Gasteiger partial charge on any atom is 0.269 e. The lowest BCUT2D eigenvalue weighted by Gasteiger charge is -2.16. The Kier molecular flexibility index (Phi) is 3.42. The van der Waals surface area contributed by atoms with Gasteiger partial charge in [0.2, 0.25) is 11.8 Å². The highest BCUT2D eigenvalue weighted by Crippen LogP contribution is 2.30. The molecule has 6 nitrogen and oxygen atoms in total. The molecule has 2 amide bonds. The topological polar surface area (TPSA) is 80.5 Å². The molecule has 1 aromatic rings. The summed E-state index contributed by atoms with van der Waals surface area (Å²) in [5, 5.41) is 11.0. The van der Waals surface area contributed by atoms with Gasteiger partial charge in [0.15, 0.2) is 0 Å². The summed E-state index contributed by atoms with van der Waals surface area (Å²) in [5.41, 5.74) is 0.907. The number of carbonyl (C=O) groups excluding carboxylic acids is 2. The molecule has 0 unspecified atom stereocenters. The Bertz CT molecular complexity index is 528. The minimum Gasteiger partial charge on any atom is -0.274 e. The van der Waals surface area contributed by atoms with Crippen LogP contribution in [0.3, 0.4) is 0 Å². The van der Waals surface area contributed by atoms with Crippen molar-refractivity contribution in [2.45, 2.75) is 18.2 Å². The van der Waals surface area contributed by atoms with Crippen LogP contribution < -0.4 is 4.90 Å². The zero-order chi connectivity index (χ0) is 13.3. The highest BCUT2D eigenvalue weighted by molar-refractivity contribution is 9.08. The van der Waals surface area contributed by atoms with Crippen LogP contribution in [-0.4, -0.2) is 16.7 Å². The van der Waals surface area contributed by atoms with Gasteiger partial charge < -0.3 is 0 Å². The second-order valence-electron chi connectivity index (χ2n) is 3.83. The lowest BCUT2D eigenvalue weighted by molar-refractivity contribution is -0.384. The average Bonchev–Trinajstić information content (AvgIpc) is 2.68. The number of anilines is 1. The Morgan fingerprint density at radius 2 is 1.89 bits per heavy atom. The molecule has 1 aliphatic rings. The van der Waals surface area contributed by atoms with Gasteiger partial charge in [0.05, 0.1) is 10.6 Å². The molecule has 0 aromatic heterocycles. The first-order valence-corrected chi connectivity index (χ1v) is 6.36. The molecule has 7 heteroatoms. The SMILES string of the molecule is O=C1CCC(=O)N1c1ccc([N+](=O)[O-])cc1CBr. The number of nitrogens with zero attached hydrogens (tertiary/aromatic N) is 2. The third-order valence-corrected chi connectivity index (χ3v) is 3.31. The number of imide groups is 1. The van der Waals surface area contributed by atoms with Crippen molar-refractivity contribution < 1.29 is 14.5 Å². The zero-order valence-corrected chi connectivity index (χ0v) is 10.8. The molecule has 1 saturated heterocycles. The normalized spacial score (nSPS) is 15.3. The van der Waals surface area contributed by atoms with E-state index < -0.39 is 4.92 Å². The molecule has 0 atom stereocenters. The first-order valence-electron chi connectivity index (χ1n) is 5.23. The van der Waals surface area contributed by atoms with E-state index in [0.29, 0.717) is 16.6 Å². The summed E-state index contributed by atoms with van der Waals surface area (Å²) < 4.78 is 0. The second kappa shape index (κ2) is 4.85. The molecule has 1 aromatic carbocycles. The van der Waals surface area contributed by atoms with Crippen LogP contribution >= 0.6 is 15.9 Å². The third-order valence-electron chi connectivity index (χ3n) is 2.71. The van der Waals surface area contributed by atoms with E-state index in [1.54, 1.807) is 0 Å². The van der Waals surface area contributed by atoms with E-state index in [4.69, 9.17) is 0 Å². The number of nitro benzene ring substituents is 1. The summed E-state index contributed by atoms with van der Waals surface area (Å²) in [4.78, 5) is 34.5. The molecular weight excluding hydrogens is 304 g/mol. The molecule has 0 aliphatic carbocycles. The van der Waals surface area contributed by atoms with Gasteiger partial charge in [-0.1, -0.05) is 15.9 Å². The molecule has 1 heterocycles. The Morgan fingerprint density at radius 3 is 2.39 bits per heavy atom. The highest BCUT2D eigenvalue weighted by atomic mass is 79.9. The number of benzene rings is 1. The number of non-ortho nitro benzene ring substituents is 1. The minimum absolute atomic E-state index is 0.0627. The van der Waals surface area contributed by atoms with Gasteiger partial charge in [0.1, 0.15) is 0 Å². The van der Waals surface area contributed by atoms with Crippen molar-refractivity contribution in [1.29, 1.82) is 0 Å². The van der Waals surface area contributed by atoms with Crippen molar-refractivity contribution in [2.75, 3.05) is 4.90 Å². The predicted molar refractivity (Wildman–Crippen MR) is 67.5 cm³/mol. The lowest BCUT2D eigenvalue weighted by Crippen LogP contribution is -2.29. The van der Waals surface area contributed by atoms with Crippen LogP contribution in [-0.2, 0) is 14.9 Å². The summed E-state index contributed by atoms with van der Waals surface area (Å²) >= 11 is 3.21. The molecular formula is C11H9BrN2O4. The zero-order valence-electron chi connectivity index (χ0n) is 9.26. The van der Waals surface area contributed by atoms with Gasteiger partial charge in [-0.3, -0.25) is 24.6 Å². The van der Waals surface area contributed by atoms with Crippen LogP contribution in [0.5, 0.6) is 0 Å². The number of carbonyl (C=O) groups is 2. The summed E-state index contributed by atoms with van der Waals surface area (Å²) in [6, 6.07) is 4.10. The van der Waals surface area contributed by atoms with Gasteiger partial charge in [0, 0.05) is 30.3 Å². The Balaban J connectivity index is 2.48. The number of halogens is 1. The summed E-state index contributed by atoms with van der Waals surface area (Å²) in [5.74, 6) is -0.535. The van der Waals surface area contributed by atoms with Crippen molar-refractivity contribution in [3.8, 4) is 0 Å². The Morgan fingerprint density at radius 1 is 1.28 bits per heavy atom. The Labute approximate surface area is 111 Å². The smallest absolute Gasteiger partial charge is 0.269 e. The predicted octanol–water partition coefficient (Wildman–Crippen LogP) is 2.14. The van der Waals surface area contributed by atoms with Crippen molar-refractivity contribution in [3.63, 3.8) is 0 Å². The highest BCUT2D eigenvalue weighted by Gasteiger charge is 2.32. The van der Waals surface area contributed by atoms with Crippen LogP contribution in [0.25, 0.3) is 0 Å². The second-order valence-corrected chi connectivity index (χ2v) is 4.39. The number of amides is 2. The van der Waals surface area contributed by atoms with Crippen LogP contribution in [0.4, 0.5) is 11.4 Å². The van der Waals surface area contributed by atoms with Gasteiger partial charge in [0.25, 0.3) is 5.69 Å². The first kappa shape index (κ1) is 12.7. The molecule has 94 valence electrons. The van der Waals surface area contributed by atoms with E-state index in [2.05, 4.69) is 15.9 Å². The Hall–Kier alpha value is -1.76. The van der Waals surface area contributed by atoms with Gasteiger partial charge in [-0.2, -0.15) is 0 Å². The molecule has 0 radical (unpaired) electrons. The minimum atomic E-state index is -0.510. The number of hydrogen-bond acceptors (Lipinski definition) is 4. The molecule has 2 rings (SSSR count). The van der Waals surface area contributed by atoms with E-state index in [1.165, 1.54) is 18.2 Å². The summed E-state index contributed by atoms with van der Waals surface area (Å²) in [6.45, 7) is 0.